The van der Waals surface area contributed by atoms with Gasteiger partial charge in [0.05, 0.1) is 5.52 Å². The van der Waals surface area contributed by atoms with E-state index in [1.807, 2.05) is 30.3 Å². The van der Waals surface area contributed by atoms with E-state index in [-0.39, 0.29) is 6.54 Å². The van der Waals surface area contributed by atoms with E-state index in [9.17, 15) is 9.59 Å². The van der Waals surface area contributed by atoms with Gasteiger partial charge < -0.3 is 5.32 Å². The van der Waals surface area contributed by atoms with Crippen molar-refractivity contribution in [2.24, 2.45) is 5.84 Å². The number of hydrazine groups is 1. The van der Waals surface area contributed by atoms with E-state index in [0.29, 0.717) is 0 Å². The monoisotopic (exact) mass is 244 g/mol. The van der Waals surface area contributed by atoms with Gasteiger partial charge in [0.25, 0.3) is 0 Å². The van der Waals surface area contributed by atoms with Crippen LogP contribution in [0.3, 0.4) is 0 Å². The number of hydrogen-bond donors (Lipinski definition) is 3. The Morgan fingerprint density at radius 1 is 1.22 bits per heavy atom. The second-order valence-electron chi connectivity index (χ2n) is 3.69. The Balaban J connectivity index is 2.08. The molecule has 1 aromatic carbocycles. The van der Waals surface area contributed by atoms with E-state index in [1.54, 1.807) is 11.6 Å². The third kappa shape index (κ3) is 2.61. The number of benzene rings is 1. The van der Waals surface area contributed by atoms with Crippen LogP contribution in [0.4, 0.5) is 0 Å². The highest BCUT2D eigenvalue weighted by atomic mass is 16.2. The van der Waals surface area contributed by atoms with Gasteiger partial charge in [-0.05, 0) is 23.8 Å². The number of carbonyl (C=O) groups is 2. The molecule has 0 unspecified atom stereocenters. The van der Waals surface area contributed by atoms with Gasteiger partial charge in [-0.1, -0.05) is 12.1 Å². The maximum Gasteiger partial charge on any atom is 0.323 e. The van der Waals surface area contributed by atoms with Crippen LogP contribution in [0, 0.1) is 0 Å². The minimum atomic E-state index is -0.863. The first kappa shape index (κ1) is 12.0. The lowest BCUT2D eigenvalue weighted by Crippen LogP contribution is -2.42. The summed E-state index contributed by atoms with van der Waals surface area (Å²) < 4.78 is 0. The zero-order valence-corrected chi connectivity index (χ0v) is 9.51. The molecule has 2 rings (SSSR count). The van der Waals surface area contributed by atoms with Crippen LogP contribution in [-0.2, 0) is 16.1 Å². The summed E-state index contributed by atoms with van der Waals surface area (Å²) in [6.45, 7) is 0.261. The Kier molecular flexibility index (Phi) is 3.49. The normalized spacial score (nSPS) is 10.1. The highest BCUT2D eigenvalue weighted by Crippen LogP contribution is 2.12. The number of fused-ring (bicyclic) bond motifs is 1. The molecule has 2 amide bonds. The van der Waals surface area contributed by atoms with Crippen molar-refractivity contribution < 1.29 is 9.59 Å². The lowest BCUT2D eigenvalue weighted by atomic mass is 10.1. The molecule has 18 heavy (non-hydrogen) atoms. The summed E-state index contributed by atoms with van der Waals surface area (Å²) in [6.07, 6.45) is 1.72. The molecular formula is C12H12N4O2. The number of amides is 2. The van der Waals surface area contributed by atoms with Crippen LogP contribution in [-0.4, -0.2) is 16.8 Å². The molecule has 0 bridgehead atoms. The van der Waals surface area contributed by atoms with Gasteiger partial charge in [0.15, 0.2) is 0 Å². The molecule has 0 aliphatic carbocycles. The second-order valence-corrected chi connectivity index (χ2v) is 3.69. The van der Waals surface area contributed by atoms with Crippen molar-refractivity contribution in [2.75, 3.05) is 0 Å². The summed E-state index contributed by atoms with van der Waals surface area (Å²) in [7, 11) is 0. The molecule has 0 aliphatic heterocycles. The molecule has 6 nitrogen and oxygen atoms in total. The zero-order valence-electron chi connectivity index (χ0n) is 9.51. The van der Waals surface area contributed by atoms with Crippen molar-refractivity contribution in [3.05, 3.63) is 42.1 Å². The van der Waals surface area contributed by atoms with Crippen LogP contribution in [0.5, 0.6) is 0 Å². The molecule has 1 heterocycles. The van der Waals surface area contributed by atoms with Crippen LogP contribution < -0.4 is 16.6 Å². The molecule has 0 radical (unpaired) electrons. The molecular weight excluding hydrogens is 232 g/mol. The summed E-state index contributed by atoms with van der Waals surface area (Å²) in [5, 5.41) is 3.44. The largest absolute Gasteiger partial charge is 0.344 e. The van der Waals surface area contributed by atoms with Crippen molar-refractivity contribution in [1.29, 1.82) is 0 Å². The molecule has 92 valence electrons. The number of hydrogen-bond acceptors (Lipinski definition) is 4. The lowest BCUT2D eigenvalue weighted by molar-refractivity contribution is -0.139. The minimum Gasteiger partial charge on any atom is -0.344 e. The Hall–Kier alpha value is -2.47. The molecule has 2 aromatic rings. The van der Waals surface area contributed by atoms with Gasteiger partial charge in [0, 0.05) is 18.1 Å². The van der Waals surface area contributed by atoms with Crippen molar-refractivity contribution in [3.63, 3.8) is 0 Å². The number of nitrogens with zero attached hydrogens (tertiary/aromatic N) is 1. The summed E-state index contributed by atoms with van der Waals surface area (Å²) >= 11 is 0. The molecule has 0 fully saturated rings. The fraction of sp³-hybridized carbons (Fsp3) is 0.0833. The van der Waals surface area contributed by atoms with Gasteiger partial charge in [-0.25, -0.2) is 5.84 Å². The number of rotatable bonds is 2. The molecule has 6 heteroatoms. The van der Waals surface area contributed by atoms with Crippen LogP contribution >= 0.6 is 0 Å². The Labute approximate surface area is 103 Å². The average molecular weight is 244 g/mol. The number of carbonyl (C=O) groups excluding carboxylic acids is 2. The Morgan fingerprint density at radius 3 is 2.83 bits per heavy atom. The van der Waals surface area contributed by atoms with Crippen LogP contribution in [0.1, 0.15) is 5.56 Å². The van der Waals surface area contributed by atoms with E-state index in [1.165, 1.54) is 0 Å². The molecule has 0 saturated heterocycles. The van der Waals surface area contributed by atoms with E-state index in [4.69, 9.17) is 5.84 Å². The standard InChI is InChI=1S/C12H12N4O2/c13-16-12(18)11(17)15-7-8-3-4-10-9(6-8)2-1-5-14-10/h1-6H,7,13H2,(H,15,17)(H,16,18). The number of nitrogens with one attached hydrogen (secondary N) is 2. The highest BCUT2D eigenvalue weighted by Gasteiger charge is 2.10. The van der Waals surface area contributed by atoms with Crippen LogP contribution in [0.2, 0.25) is 0 Å². The first-order chi connectivity index (χ1) is 8.70. The third-order valence-electron chi connectivity index (χ3n) is 2.46. The van der Waals surface area contributed by atoms with E-state index < -0.39 is 11.8 Å². The second kappa shape index (κ2) is 5.24. The van der Waals surface area contributed by atoms with Crippen molar-refractivity contribution in [2.45, 2.75) is 6.54 Å². The number of nitrogens with two attached hydrogens (primary N) is 1. The van der Waals surface area contributed by atoms with E-state index in [0.717, 1.165) is 16.5 Å². The van der Waals surface area contributed by atoms with Crippen LogP contribution in [0.15, 0.2) is 36.5 Å². The predicted molar refractivity (Wildman–Crippen MR) is 65.9 cm³/mol. The van der Waals surface area contributed by atoms with Gasteiger partial charge in [0.2, 0.25) is 0 Å². The molecule has 0 atom stereocenters. The lowest BCUT2D eigenvalue weighted by Gasteiger charge is -2.05. The predicted octanol–water partition coefficient (Wildman–Crippen LogP) is -0.159. The average Bonchev–Trinajstić information content (AvgIpc) is 2.43. The third-order valence-corrected chi connectivity index (χ3v) is 2.46. The number of aromatic nitrogens is 1. The topological polar surface area (TPSA) is 97.1 Å². The van der Waals surface area contributed by atoms with E-state index >= 15 is 0 Å². The molecule has 0 aliphatic rings. The first-order valence-corrected chi connectivity index (χ1v) is 5.33. The van der Waals surface area contributed by atoms with Crippen LogP contribution in [0.25, 0.3) is 10.9 Å². The highest BCUT2D eigenvalue weighted by molar-refractivity contribution is 6.34. The van der Waals surface area contributed by atoms with Gasteiger partial charge in [-0.3, -0.25) is 20.0 Å². The maximum absolute atomic E-state index is 11.2. The van der Waals surface area contributed by atoms with Gasteiger partial charge in [-0.2, -0.15) is 0 Å². The van der Waals surface area contributed by atoms with Crippen molar-refractivity contribution in [1.82, 2.24) is 15.7 Å². The first-order valence-electron chi connectivity index (χ1n) is 5.33. The fourth-order valence-electron chi connectivity index (χ4n) is 1.56. The number of pyridine rings is 1. The molecule has 0 saturated carbocycles. The SMILES string of the molecule is NNC(=O)C(=O)NCc1ccc2ncccc2c1. The van der Waals surface area contributed by atoms with E-state index in [2.05, 4.69) is 10.3 Å². The zero-order chi connectivity index (χ0) is 13.0. The van der Waals surface area contributed by atoms with Gasteiger partial charge in [-0.15, -0.1) is 0 Å². The smallest absolute Gasteiger partial charge is 0.323 e. The Bertz CT molecular complexity index is 597. The van der Waals surface area contributed by atoms with Gasteiger partial charge in [0.1, 0.15) is 0 Å². The summed E-state index contributed by atoms with van der Waals surface area (Å²) in [4.78, 5) is 26.3. The molecule has 0 spiro atoms. The summed E-state index contributed by atoms with van der Waals surface area (Å²) in [5.41, 5.74) is 3.53. The van der Waals surface area contributed by atoms with Crippen molar-refractivity contribution in [3.8, 4) is 0 Å². The Morgan fingerprint density at radius 2 is 2.06 bits per heavy atom. The quantitative estimate of drug-likeness (QED) is 0.296. The summed E-state index contributed by atoms with van der Waals surface area (Å²) in [5.74, 6) is 3.22. The van der Waals surface area contributed by atoms with Crippen molar-refractivity contribution >= 4 is 22.7 Å². The summed E-state index contributed by atoms with van der Waals surface area (Å²) in [6, 6.07) is 9.38. The maximum atomic E-state index is 11.2. The fourth-order valence-corrected chi connectivity index (χ4v) is 1.56. The minimum absolute atomic E-state index is 0.261. The molecule has 1 aromatic heterocycles. The van der Waals surface area contributed by atoms with Gasteiger partial charge >= 0.3 is 11.8 Å². The molecule has 4 N–H and O–H groups in total.